The van der Waals surface area contributed by atoms with E-state index in [1.807, 2.05) is 13.0 Å². The smallest absolute Gasteiger partial charge is 0.252 e. The van der Waals surface area contributed by atoms with E-state index in [1.54, 1.807) is 10.4 Å². The van der Waals surface area contributed by atoms with Crippen molar-refractivity contribution in [3.8, 4) is 0 Å². The Hall–Kier alpha value is -0.470. The van der Waals surface area contributed by atoms with E-state index in [9.17, 15) is 13.5 Å². The number of rotatable bonds is 5. The van der Waals surface area contributed by atoms with Crippen LogP contribution in [0.25, 0.3) is 0 Å². The van der Waals surface area contributed by atoms with Gasteiger partial charge < -0.3 is 5.11 Å². The number of aryl methyl sites for hydroxylation is 1. The van der Waals surface area contributed by atoms with E-state index in [-0.39, 0.29) is 18.7 Å². The average Bonchev–Trinajstić information content (AvgIpc) is 3.19. The van der Waals surface area contributed by atoms with Crippen LogP contribution >= 0.6 is 11.3 Å². The van der Waals surface area contributed by atoms with Crippen LogP contribution in [0.2, 0.25) is 0 Å². The Kier molecular flexibility index (Phi) is 4.89. The van der Waals surface area contributed by atoms with E-state index in [2.05, 4.69) is 4.90 Å². The highest BCUT2D eigenvalue weighted by atomic mass is 32.2. The average molecular weight is 345 g/mol. The van der Waals surface area contributed by atoms with E-state index in [0.29, 0.717) is 10.8 Å². The standard InChI is InChI=1S/C15H24N2O3S2/c1-12-6-7-15(21-12)22(19,20)17-9-3-4-13(17)10-16-8-2-5-14(16)11-18/h6-7,13-14,18H,2-5,8-11H2,1H3. The third kappa shape index (κ3) is 3.10. The van der Waals surface area contributed by atoms with E-state index >= 15 is 0 Å². The summed E-state index contributed by atoms with van der Waals surface area (Å²) in [6, 6.07) is 3.83. The SMILES string of the molecule is Cc1ccc(S(=O)(=O)N2CCCC2CN2CCCC2CO)s1. The van der Waals surface area contributed by atoms with Crippen molar-refractivity contribution in [3.05, 3.63) is 17.0 Å². The molecule has 1 aromatic rings. The molecule has 22 heavy (non-hydrogen) atoms. The number of hydrogen-bond acceptors (Lipinski definition) is 5. The summed E-state index contributed by atoms with van der Waals surface area (Å²) in [6.07, 6.45) is 3.94. The van der Waals surface area contributed by atoms with Crippen LogP contribution in [0.3, 0.4) is 0 Å². The Labute approximate surface area is 136 Å². The second kappa shape index (κ2) is 6.57. The highest BCUT2D eigenvalue weighted by molar-refractivity contribution is 7.91. The summed E-state index contributed by atoms with van der Waals surface area (Å²) < 4.78 is 27.8. The normalized spacial score (nSPS) is 27.7. The Morgan fingerprint density at radius 1 is 1.23 bits per heavy atom. The molecule has 7 heteroatoms. The second-order valence-electron chi connectivity index (χ2n) is 6.25. The topological polar surface area (TPSA) is 60.9 Å². The molecule has 2 unspecified atom stereocenters. The van der Waals surface area contributed by atoms with Crippen molar-refractivity contribution >= 4 is 21.4 Å². The van der Waals surface area contributed by atoms with E-state index in [1.165, 1.54) is 11.3 Å². The van der Waals surface area contributed by atoms with Crippen molar-refractivity contribution in [1.29, 1.82) is 0 Å². The first-order chi connectivity index (χ1) is 10.5. The summed E-state index contributed by atoms with van der Waals surface area (Å²) >= 11 is 1.35. The molecule has 2 aliphatic rings. The van der Waals surface area contributed by atoms with Crippen LogP contribution < -0.4 is 0 Å². The second-order valence-corrected chi connectivity index (χ2v) is 9.66. The fourth-order valence-corrected chi connectivity index (χ4v) is 6.68. The van der Waals surface area contributed by atoms with Crippen LogP contribution in [-0.4, -0.2) is 61.1 Å². The van der Waals surface area contributed by atoms with Crippen LogP contribution in [0.1, 0.15) is 30.6 Å². The molecule has 1 aromatic heterocycles. The van der Waals surface area contributed by atoms with Crippen LogP contribution in [0, 0.1) is 6.92 Å². The fraction of sp³-hybridized carbons (Fsp3) is 0.733. The molecule has 0 radical (unpaired) electrons. The fourth-order valence-electron chi connectivity index (χ4n) is 3.59. The molecule has 2 aliphatic heterocycles. The van der Waals surface area contributed by atoms with E-state index in [0.717, 1.165) is 43.6 Å². The Morgan fingerprint density at radius 3 is 2.64 bits per heavy atom. The maximum Gasteiger partial charge on any atom is 0.252 e. The molecule has 5 nitrogen and oxygen atoms in total. The first-order valence-electron chi connectivity index (χ1n) is 7.95. The number of aliphatic hydroxyl groups is 1. The Morgan fingerprint density at radius 2 is 1.95 bits per heavy atom. The molecule has 124 valence electrons. The van der Waals surface area contributed by atoms with Gasteiger partial charge in [0.1, 0.15) is 4.21 Å². The highest BCUT2D eigenvalue weighted by Crippen LogP contribution is 2.31. The third-order valence-electron chi connectivity index (χ3n) is 4.76. The third-order valence-corrected chi connectivity index (χ3v) is 8.18. The first kappa shape index (κ1) is 16.4. The van der Waals surface area contributed by atoms with Crippen LogP contribution in [0.15, 0.2) is 16.3 Å². The van der Waals surface area contributed by atoms with Crippen LogP contribution in [0.5, 0.6) is 0 Å². The zero-order valence-electron chi connectivity index (χ0n) is 12.9. The minimum Gasteiger partial charge on any atom is -0.395 e. The Bertz CT molecular complexity index is 614. The van der Waals surface area contributed by atoms with Crippen LogP contribution in [-0.2, 0) is 10.0 Å². The molecule has 0 aliphatic carbocycles. The molecular weight excluding hydrogens is 320 g/mol. The molecule has 0 bridgehead atoms. The lowest BCUT2D eigenvalue weighted by molar-refractivity contribution is 0.140. The lowest BCUT2D eigenvalue weighted by Gasteiger charge is -2.30. The monoisotopic (exact) mass is 344 g/mol. The summed E-state index contributed by atoms with van der Waals surface area (Å²) in [4.78, 5) is 3.28. The molecule has 0 aromatic carbocycles. The molecule has 0 amide bonds. The van der Waals surface area contributed by atoms with Crippen molar-refractivity contribution in [2.45, 2.75) is 48.9 Å². The lowest BCUT2D eigenvalue weighted by atomic mass is 10.2. The van der Waals surface area contributed by atoms with Gasteiger partial charge in [0.05, 0.1) is 6.61 Å². The number of likely N-dealkylation sites (tertiary alicyclic amines) is 1. The first-order valence-corrected chi connectivity index (χ1v) is 10.2. The quantitative estimate of drug-likeness (QED) is 0.883. The molecular formula is C15H24N2O3S2. The summed E-state index contributed by atoms with van der Waals surface area (Å²) in [7, 11) is -3.37. The van der Waals surface area contributed by atoms with E-state index in [4.69, 9.17) is 0 Å². The number of thiophene rings is 1. The maximum absolute atomic E-state index is 12.9. The van der Waals surface area contributed by atoms with Gasteiger partial charge >= 0.3 is 0 Å². The van der Waals surface area contributed by atoms with Crippen molar-refractivity contribution in [3.63, 3.8) is 0 Å². The van der Waals surface area contributed by atoms with Gasteiger partial charge in [-0.2, -0.15) is 4.31 Å². The zero-order valence-corrected chi connectivity index (χ0v) is 14.6. The van der Waals surface area contributed by atoms with Gasteiger partial charge in [-0.3, -0.25) is 4.90 Å². The minimum atomic E-state index is -3.37. The number of sulfonamides is 1. The summed E-state index contributed by atoms with van der Waals surface area (Å²) in [5.41, 5.74) is 0. The molecule has 3 rings (SSSR count). The van der Waals surface area contributed by atoms with Gasteiger partial charge in [0, 0.05) is 30.1 Å². The van der Waals surface area contributed by atoms with Gasteiger partial charge in [-0.25, -0.2) is 8.42 Å². The molecule has 0 saturated carbocycles. The minimum absolute atomic E-state index is 0.0413. The van der Waals surface area contributed by atoms with Gasteiger partial charge in [0.2, 0.25) is 0 Å². The summed E-state index contributed by atoms with van der Waals surface area (Å²) in [5, 5.41) is 9.45. The largest absolute Gasteiger partial charge is 0.395 e. The summed E-state index contributed by atoms with van der Waals surface area (Å²) in [5.74, 6) is 0. The number of nitrogens with zero attached hydrogens (tertiary/aromatic N) is 2. The van der Waals surface area contributed by atoms with Crippen molar-refractivity contribution in [2.24, 2.45) is 0 Å². The molecule has 2 saturated heterocycles. The number of hydrogen-bond donors (Lipinski definition) is 1. The zero-order chi connectivity index (χ0) is 15.7. The van der Waals surface area contributed by atoms with Crippen molar-refractivity contribution in [2.75, 3.05) is 26.2 Å². The summed E-state index contributed by atoms with van der Waals surface area (Å²) in [6.45, 7) is 4.43. The predicted molar refractivity (Wildman–Crippen MR) is 87.7 cm³/mol. The van der Waals surface area contributed by atoms with Gasteiger partial charge in [0.15, 0.2) is 0 Å². The van der Waals surface area contributed by atoms with Gasteiger partial charge in [-0.05, 0) is 51.3 Å². The molecule has 1 N–H and O–H groups in total. The maximum atomic E-state index is 12.9. The van der Waals surface area contributed by atoms with Crippen molar-refractivity contribution < 1.29 is 13.5 Å². The van der Waals surface area contributed by atoms with Crippen molar-refractivity contribution in [1.82, 2.24) is 9.21 Å². The Balaban J connectivity index is 1.75. The molecule has 3 heterocycles. The molecule has 0 spiro atoms. The van der Waals surface area contributed by atoms with Crippen LogP contribution in [0.4, 0.5) is 0 Å². The lowest BCUT2D eigenvalue weighted by Crippen LogP contribution is -2.45. The van der Waals surface area contributed by atoms with E-state index < -0.39 is 10.0 Å². The van der Waals surface area contributed by atoms with Gasteiger partial charge in [0.25, 0.3) is 10.0 Å². The highest BCUT2D eigenvalue weighted by Gasteiger charge is 2.38. The molecule has 2 atom stereocenters. The van der Waals surface area contributed by atoms with Gasteiger partial charge in [-0.1, -0.05) is 0 Å². The molecule has 2 fully saturated rings. The van der Waals surface area contributed by atoms with Gasteiger partial charge in [-0.15, -0.1) is 11.3 Å². The predicted octanol–water partition coefficient (Wildman–Crippen LogP) is 1.67. The number of aliphatic hydroxyl groups excluding tert-OH is 1.